The zero-order valence-corrected chi connectivity index (χ0v) is 11.0. The van der Waals surface area contributed by atoms with Gasteiger partial charge in [0.15, 0.2) is 0 Å². The Hall–Kier alpha value is -1.31. The summed E-state index contributed by atoms with van der Waals surface area (Å²) in [5.41, 5.74) is 6.29. The second-order valence-corrected chi connectivity index (χ2v) is 4.97. The van der Waals surface area contributed by atoms with Crippen LogP contribution in [0.15, 0.2) is 6.07 Å². The van der Waals surface area contributed by atoms with Crippen LogP contribution in [0.3, 0.4) is 0 Å². The Balaban J connectivity index is 2.87. The van der Waals surface area contributed by atoms with Crippen molar-refractivity contribution in [1.82, 2.24) is 9.55 Å². The molecule has 0 aliphatic carbocycles. The van der Waals surface area contributed by atoms with E-state index in [1.54, 1.807) is 0 Å². The highest BCUT2D eigenvalue weighted by Gasteiger charge is 2.13. The number of rotatable bonds is 1. The lowest BCUT2D eigenvalue weighted by Crippen LogP contribution is -2.00. The Bertz CT molecular complexity index is 548. The number of aromatic nitrogens is 2. The Labute approximate surface area is 97.3 Å². The average molecular weight is 216 g/mol. The van der Waals surface area contributed by atoms with Crippen molar-refractivity contribution < 1.29 is 0 Å². The van der Waals surface area contributed by atoms with Crippen LogP contribution in [0.4, 0.5) is 0 Å². The molecular formula is C14H20N2. The normalized spacial score (nSPS) is 11.7. The molecule has 2 nitrogen and oxygen atoms in total. The highest BCUT2D eigenvalue weighted by Crippen LogP contribution is 2.27. The fourth-order valence-corrected chi connectivity index (χ4v) is 2.29. The van der Waals surface area contributed by atoms with Crippen molar-refractivity contribution in [2.24, 2.45) is 7.05 Å². The van der Waals surface area contributed by atoms with E-state index >= 15 is 0 Å². The largest absolute Gasteiger partial charge is 0.332 e. The average Bonchev–Trinajstić information content (AvgIpc) is 2.54. The number of aryl methyl sites for hydroxylation is 3. The second-order valence-electron chi connectivity index (χ2n) is 4.97. The van der Waals surface area contributed by atoms with Gasteiger partial charge in [-0.1, -0.05) is 13.8 Å². The van der Waals surface area contributed by atoms with E-state index in [1.165, 1.54) is 22.2 Å². The quantitative estimate of drug-likeness (QED) is 0.712. The van der Waals surface area contributed by atoms with Gasteiger partial charge in [-0.05, 0) is 43.9 Å². The van der Waals surface area contributed by atoms with Crippen LogP contribution >= 0.6 is 0 Å². The Kier molecular flexibility index (Phi) is 2.53. The molecule has 0 aliphatic heterocycles. The minimum absolute atomic E-state index is 0.541. The maximum atomic E-state index is 4.70. The summed E-state index contributed by atoms with van der Waals surface area (Å²) < 4.78 is 2.22. The summed E-state index contributed by atoms with van der Waals surface area (Å²) in [4.78, 5) is 4.70. The zero-order valence-electron chi connectivity index (χ0n) is 11.0. The molecule has 86 valence electrons. The Morgan fingerprint density at radius 2 is 1.75 bits per heavy atom. The summed E-state index contributed by atoms with van der Waals surface area (Å²) in [7, 11) is 2.11. The van der Waals surface area contributed by atoms with Gasteiger partial charge in [0.2, 0.25) is 0 Å². The highest BCUT2D eigenvalue weighted by atomic mass is 15.0. The third kappa shape index (κ3) is 1.44. The molecule has 0 saturated carbocycles. The van der Waals surface area contributed by atoms with Crippen LogP contribution in [0.5, 0.6) is 0 Å². The third-order valence-corrected chi connectivity index (χ3v) is 3.61. The van der Waals surface area contributed by atoms with E-state index in [2.05, 4.69) is 52.3 Å². The summed E-state index contributed by atoms with van der Waals surface area (Å²) in [6.45, 7) is 10.9. The molecule has 2 heteroatoms. The highest BCUT2D eigenvalue weighted by molar-refractivity contribution is 5.82. The molecule has 2 aromatic rings. The number of pyridine rings is 1. The molecule has 0 radical (unpaired) electrons. The van der Waals surface area contributed by atoms with Crippen LogP contribution < -0.4 is 0 Å². The monoisotopic (exact) mass is 216 g/mol. The van der Waals surface area contributed by atoms with Crippen LogP contribution in [0.1, 0.15) is 42.3 Å². The molecule has 0 spiro atoms. The maximum Gasteiger partial charge on any atom is 0.140 e. The van der Waals surface area contributed by atoms with Crippen LogP contribution in [0.25, 0.3) is 11.0 Å². The van der Waals surface area contributed by atoms with Crippen molar-refractivity contribution in [2.75, 3.05) is 0 Å². The van der Waals surface area contributed by atoms with E-state index in [4.69, 9.17) is 4.98 Å². The first-order valence-electron chi connectivity index (χ1n) is 5.86. The van der Waals surface area contributed by atoms with Gasteiger partial charge in [-0.25, -0.2) is 4.98 Å². The molecule has 2 aromatic heterocycles. The second kappa shape index (κ2) is 3.62. The van der Waals surface area contributed by atoms with Crippen LogP contribution in [0.2, 0.25) is 0 Å². The van der Waals surface area contributed by atoms with Gasteiger partial charge < -0.3 is 4.57 Å². The summed E-state index contributed by atoms with van der Waals surface area (Å²) >= 11 is 0. The molecule has 2 rings (SSSR count). The molecule has 2 heterocycles. The molecule has 16 heavy (non-hydrogen) atoms. The van der Waals surface area contributed by atoms with E-state index in [-0.39, 0.29) is 0 Å². The molecule has 0 saturated heterocycles. The molecule has 0 bridgehead atoms. The molecule has 0 aromatic carbocycles. The van der Waals surface area contributed by atoms with Gasteiger partial charge in [-0.2, -0.15) is 0 Å². The third-order valence-electron chi connectivity index (χ3n) is 3.61. The van der Waals surface area contributed by atoms with E-state index < -0.39 is 0 Å². The van der Waals surface area contributed by atoms with Gasteiger partial charge in [-0.3, -0.25) is 0 Å². The van der Waals surface area contributed by atoms with Crippen molar-refractivity contribution in [1.29, 1.82) is 0 Å². The first-order valence-corrected chi connectivity index (χ1v) is 5.86. The van der Waals surface area contributed by atoms with Gasteiger partial charge in [0.1, 0.15) is 5.65 Å². The van der Waals surface area contributed by atoms with E-state index in [0.29, 0.717) is 5.92 Å². The molecule has 0 unspecified atom stereocenters. The minimum atomic E-state index is 0.541. The van der Waals surface area contributed by atoms with Gasteiger partial charge in [0, 0.05) is 23.8 Å². The number of nitrogens with zero attached hydrogens (tertiary/aromatic N) is 2. The number of hydrogen-bond donors (Lipinski definition) is 0. The van der Waals surface area contributed by atoms with Gasteiger partial charge in [0.25, 0.3) is 0 Å². The molecule has 0 fully saturated rings. The number of hydrogen-bond acceptors (Lipinski definition) is 1. The van der Waals surface area contributed by atoms with E-state index in [1.807, 2.05) is 0 Å². The van der Waals surface area contributed by atoms with Crippen molar-refractivity contribution in [3.8, 4) is 0 Å². The van der Waals surface area contributed by atoms with Crippen molar-refractivity contribution in [3.05, 3.63) is 28.6 Å². The standard InChI is InChI=1S/C14H20N2/c1-8(2)13-7-12-10(4)9(3)11(5)15-14(12)16(13)6/h7-8H,1-6H3. The van der Waals surface area contributed by atoms with E-state index in [9.17, 15) is 0 Å². The summed E-state index contributed by atoms with van der Waals surface area (Å²) in [6.07, 6.45) is 0. The summed E-state index contributed by atoms with van der Waals surface area (Å²) in [5.74, 6) is 0.541. The lowest BCUT2D eigenvalue weighted by atomic mass is 10.1. The summed E-state index contributed by atoms with van der Waals surface area (Å²) in [6, 6.07) is 2.29. The fourth-order valence-electron chi connectivity index (χ4n) is 2.29. The van der Waals surface area contributed by atoms with Crippen molar-refractivity contribution in [3.63, 3.8) is 0 Å². The topological polar surface area (TPSA) is 17.8 Å². The van der Waals surface area contributed by atoms with Crippen molar-refractivity contribution >= 4 is 11.0 Å². The number of fused-ring (bicyclic) bond motifs is 1. The lowest BCUT2D eigenvalue weighted by Gasteiger charge is -2.08. The fraction of sp³-hybridized carbons (Fsp3) is 0.500. The predicted octanol–water partition coefficient (Wildman–Crippen LogP) is 3.62. The smallest absolute Gasteiger partial charge is 0.140 e. The minimum Gasteiger partial charge on any atom is -0.332 e. The van der Waals surface area contributed by atoms with Gasteiger partial charge in [0.05, 0.1) is 0 Å². The maximum absolute atomic E-state index is 4.70. The molecule has 0 atom stereocenters. The molecule has 0 N–H and O–H groups in total. The SMILES string of the molecule is Cc1nc2c(cc(C(C)C)n2C)c(C)c1C. The molecule has 0 amide bonds. The zero-order chi connectivity index (χ0) is 12.0. The van der Waals surface area contributed by atoms with Gasteiger partial charge >= 0.3 is 0 Å². The Morgan fingerprint density at radius 3 is 2.31 bits per heavy atom. The predicted molar refractivity (Wildman–Crippen MR) is 69.0 cm³/mol. The first-order chi connectivity index (χ1) is 7.43. The van der Waals surface area contributed by atoms with E-state index in [0.717, 1.165) is 11.3 Å². The van der Waals surface area contributed by atoms with Crippen LogP contribution in [-0.4, -0.2) is 9.55 Å². The Morgan fingerprint density at radius 1 is 1.12 bits per heavy atom. The van der Waals surface area contributed by atoms with Gasteiger partial charge in [-0.15, -0.1) is 0 Å². The van der Waals surface area contributed by atoms with Crippen LogP contribution in [0, 0.1) is 20.8 Å². The van der Waals surface area contributed by atoms with Crippen LogP contribution in [-0.2, 0) is 7.05 Å². The molecule has 0 aliphatic rings. The van der Waals surface area contributed by atoms with Crippen molar-refractivity contribution in [2.45, 2.75) is 40.5 Å². The first kappa shape index (κ1) is 11.2. The summed E-state index contributed by atoms with van der Waals surface area (Å²) in [5, 5.41) is 1.30. The molecular weight excluding hydrogens is 196 g/mol. The lowest BCUT2D eigenvalue weighted by molar-refractivity contribution is 0.750.